The number of hydrogen-bond donors (Lipinski definition) is 4. The zero-order valence-corrected chi connectivity index (χ0v) is 12.5. The van der Waals surface area contributed by atoms with Crippen molar-refractivity contribution in [2.45, 2.75) is 56.4 Å². The largest absolute Gasteiger partial charge is 0.479 e. The van der Waals surface area contributed by atoms with Crippen LogP contribution in [0.25, 0.3) is 0 Å². The molecule has 9 nitrogen and oxygen atoms in total. The van der Waals surface area contributed by atoms with E-state index in [0.717, 1.165) is 0 Å². The van der Waals surface area contributed by atoms with Crippen molar-refractivity contribution in [1.29, 1.82) is 0 Å². The van der Waals surface area contributed by atoms with Gasteiger partial charge in [-0.05, 0) is 6.42 Å². The maximum Gasteiger partial charge on any atom is 0.344 e. The average Bonchev–Trinajstić information content (AvgIpc) is 2.42. The Morgan fingerprint density at radius 3 is 2.36 bits per heavy atom. The zero-order valence-electron chi connectivity index (χ0n) is 12.5. The summed E-state index contributed by atoms with van der Waals surface area (Å²) < 4.78 is 15.5. The molecule has 1 aliphatic heterocycles. The minimum atomic E-state index is -2.03. The van der Waals surface area contributed by atoms with Crippen LogP contribution in [0.15, 0.2) is 0 Å². The first-order chi connectivity index (χ1) is 10.3. The standard InChI is InChI=1S/C13H22O9/c1-3-4-13(6-21-9(10(16)17)11(18)19)5-7(14)8(15)12(20-2)22-13/h7-9,12,14-15H,3-6H2,1-2H3,(H,16,17)(H,18,19)/t7-,8?,12+,13?/m0/s1. The fourth-order valence-electron chi connectivity index (χ4n) is 2.50. The van der Waals surface area contributed by atoms with E-state index in [1.54, 1.807) is 0 Å². The first-order valence-electron chi connectivity index (χ1n) is 6.90. The predicted molar refractivity (Wildman–Crippen MR) is 71.2 cm³/mol. The topological polar surface area (TPSA) is 143 Å². The van der Waals surface area contributed by atoms with E-state index in [2.05, 4.69) is 0 Å². The normalized spacial score (nSPS) is 32.1. The highest BCUT2D eigenvalue weighted by Crippen LogP contribution is 2.34. The van der Waals surface area contributed by atoms with Crippen LogP contribution < -0.4 is 0 Å². The monoisotopic (exact) mass is 322 g/mol. The van der Waals surface area contributed by atoms with Gasteiger partial charge in [0.05, 0.1) is 18.3 Å². The second-order valence-electron chi connectivity index (χ2n) is 5.28. The number of aliphatic hydroxyl groups excluding tert-OH is 2. The van der Waals surface area contributed by atoms with Crippen LogP contribution in [0, 0.1) is 0 Å². The number of hydrogen-bond acceptors (Lipinski definition) is 7. The molecule has 2 unspecified atom stereocenters. The Bertz CT molecular complexity index is 385. The summed E-state index contributed by atoms with van der Waals surface area (Å²) in [6, 6.07) is 0. The molecule has 0 amide bonds. The number of carboxylic acids is 2. The van der Waals surface area contributed by atoms with E-state index in [1.165, 1.54) is 7.11 Å². The summed E-state index contributed by atoms with van der Waals surface area (Å²) in [5.74, 6) is -3.25. The van der Waals surface area contributed by atoms with E-state index < -0.39 is 42.1 Å². The Hall–Kier alpha value is -1.26. The molecule has 22 heavy (non-hydrogen) atoms. The minimum Gasteiger partial charge on any atom is -0.479 e. The molecule has 0 spiro atoms. The van der Waals surface area contributed by atoms with Crippen molar-refractivity contribution in [1.82, 2.24) is 0 Å². The zero-order chi connectivity index (χ0) is 16.9. The SMILES string of the molecule is CCCC1(COC(C(=O)O)C(=O)O)C[C@H](O)C(O)[C@H](OC)O1. The summed E-state index contributed by atoms with van der Waals surface area (Å²) in [6.07, 6.45) is -4.55. The van der Waals surface area contributed by atoms with E-state index in [-0.39, 0.29) is 13.0 Å². The van der Waals surface area contributed by atoms with Gasteiger partial charge in [-0.25, -0.2) is 9.59 Å². The van der Waals surface area contributed by atoms with E-state index in [1.807, 2.05) is 6.92 Å². The van der Waals surface area contributed by atoms with Crippen molar-refractivity contribution in [2.75, 3.05) is 13.7 Å². The lowest BCUT2D eigenvalue weighted by Crippen LogP contribution is -2.57. The van der Waals surface area contributed by atoms with Gasteiger partial charge in [0.15, 0.2) is 6.29 Å². The number of ether oxygens (including phenoxy) is 3. The molecule has 128 valence electrons. The lowest BCUT2D eigenvalue weighted by atomic mass is 9.87. The quantitative estimate of drug-likeness (QED) is 0.422. The molecule has 0 saturated carbocycles. The van der Waals surface area contributed by atoms with Crippen LogP contribution in [-0.2, 0) is 23.8 Å². The molecular formula is C13H22O9. The molecule has 0 aliphatic carbocycles. The molecule has 4 atom stereocenters. The van der Waals surface area contributed by atoms with Crippen molar-refractivity contribution in [3.8, 4) is 0 Å². The first-order valence-corrected chi connectivity index (χ1v) is 6.90. The van der Waals surface area contributed by atoms with Crippen LogP contribution in [0.2, 0.25) is 0 Å². The lowest BCUT2D eigenvalue weighted by molar-refractivity contribution is -0.304. The van der Waals surface area contributed by atoms with Crippen LogP contribution >= 0.6 is 0 Å². The number of aliphatic hydroxyl groups is 2. The fraction of sp³-hybridized carbons (Fsp3) is 0.846. The second-order valence-corrected chi connectivity index (χ2v) is 5.28. The first kappa shape index (κ1) is 18.8. The van der Waals surface area contributed by atoms with Crippen molar-refractivity contribution < 1.29 is 44.2 Å². The highest BCUT2D eigenvalue weighted by molar-refractivity contribution is 5.96. The number of aliphatic carboxylic acids is 2. The highest BCUT2D eigenvalue weighted by atomic mass is 16.7. The van der Waals surface area contributed by atoms with Gasteiger partial charge in [-0.1, -0.05) is 13.3 Å². The maximum atomic E-state index is 10.9. The maximum absolute atomic E-state index is 10.9. The van der Waals surface area contributed by atoms with Crippen LogP contribution in [0.4, 0.5) is 0 Å². The van der Waals surface area contributed by atoms with Crippen LogP contribution in [-0.4, -0.2) is 76.3 Å². The van der Waals surface area contributed by atoms with Gasteiger partial charge in [0.2, 0.25) is 0 Å². The van der Waals surface area contributed by atoms with Crippen molar-refractivity contribution in [3.63, 3.8) is 0 Å². The van der Waals surface area contributed by atoms with Gasteiger partial charge < -0.3 is 34.6 Å². The molecule has 4 N–H and O–H groups in total. The lowest BCUT2D eigenvalue weighted by Gasteiger charge is -2.45. The predicted octanol–water partition coefficient (Wildman–Crippen LogP) is -0.806. The number of methoxy groups -OCH3 is 1. The fourth-order valence-corrected chi connectivity index (χ4v) is 2.50. The van der Waals surface area contributed by atoms with E-state index >= 15 is 0 Å². The molecule has 0 bridgehead atoms. The molecule has 0 aromatic rings. The van der Waals surface area contributed by atoms with Crippen molar-refractivity contribution in [2.24, 2.45) is 0 Å². The summed E-state index contributed by atoms with van der Waals surface area (Å²) in [5.41, 5.74) is -1.13. The summed E-state index contributed by atoms with van der Waals surface area (Å²) in [4.78, 5) is 21.7. The van der Waals surface area contributed by atoms with Crippen LogP contribution in [0.1, 0.15) is 26.2 Å². The summed E-state index contributed by atoms with van der Waals surface area (Å²) in [6.45, 7) is 1.49. The molecular weight excluding hydrogens is 300 g/mol. The highest BCUT2D eigenvalue weighted by Gasteiger charge is 2.47. The Balaban J connectivity index is 2.87. The third kappa shape index (κ3) is 4.37. The van der Waals surface area contributed by atoms with Gasteiger partial charge in [0.1, 0.15) is 6.10 Å². The molecule has 1 aliphatic rings. The van der Waals surface area contributed by atoms with E-state index in [4.69, 9.17) is 24.4 Å². The molecule has 1 rings (SSSR count). The Kier molecular flexibility index (Phi) is 6.69. The van der Waals surface area contributed by atoms with Gasteiger partial charge in [-0.15, -0.1) is 0 Å². The number of carbonyl (C=O) groups is 2. The van der Waals surface area contributed by atoms with Crippen molar-refractivity contribution in [3.05, 3.63) is 0 Å². The molecule has 9 heteroatoms. The third-order valence-corrected chi connectivity index (χ3v) is 3.52. The summed E-state index contributed by atoms with van der Waals surface area (Å²) >= 11 is 0. The molecule has 1 heterocycles. The molecule has 1 saturated heterocycles. The Morgan fingerprint density at radius 1 is 1.32 bits per heavy atom. The number of carboxylic acid groups (broad SMARTS) is 2. The van der Waals surface area contributed by atoms with Gasteiger partial charge in [0.25, 0.3) is 6.10 Å². The molecule has 0 aromatic carbocycles. The Morgan fingerprint density at radius 2 is 1.91 bits per heavy atom. The van der Waals surface area contributed by atoms with Crippen LogP contribution in [0.5, 0.6) is 0 Å². The van der Waals surface area contributed by atoms with Gasteiger partial charge in [-0.3, -0.25) is 0 Å². The van der Waals surface area contributed by atoms with E-state index in [0.29, 0.717) is 12.8 Å². The second kappa shape index (κ2) is 7.84. The summed E-state index contributed by atoms with van der Waals surface area (Å²) in [5, 5.41) is 37.3. The van der Waals surface area contributed by atoms with E-state index in [9.17, 15) is 19.8 Å². The number of rotatable bonds is 8. The summed E-state index contributed by atoms with van der Waals surface area (Å²) in [7, 11) is 1.29. The van der Waals surface area contributed by atoms with Gasteiger partial charge in [0, 0.05) is 13.5 Å². The molecule has 0 aromatic heterocycles. The smallest absolute Gasteiger partial charge is 0.344 e. The van der Waals surface area contributed by atoms with Gasteiger partial charge >= 0.3 is 11.9 Å². The van der Waals surface area contributed by atoms with Gasteiger partial charge in [-0.2, -0.15) is 0 Å². The minimum absolute atomic E-state index is 0.0200. The third-order valence-electron chi connectivity index (χ3n) is 3.52. The molecule has 0 radical (unpaired) electrons. The van der Waals surface area contributed by atoms with Crippen LogP contribution in [0.3, 0.4) is 0 Å². The molecule has 1 fully saturated rings. The Labute approximate surface area is 127 Å². The average molecular weight is 322 g/mol. The van der Waals surface area contributed by atoms with Crippen molar-refractivity contribution >= 4 is 11.9 Å².